The molecule has 2 aromatic carbocycles. The second-order valence-corrected chi connectivity index (χ2v) is 8.31. The van der Waals surface area contributed by atoms with Crippen molar-refractivity contribution in [1.29, 1.82) is 0 Å². The van der Waals surface area contributed by atoms with Gasteiger partial charge in [-0.2, -0.15) is 0 Å². The molecule has 0 fully saturated rings. The highest BCUT2D eigenvalue weighted by Crippen LogP contribution is 2.14. The SMILES string of the molecule is COCc1ccc(CNC(=O)CCNS(=O)(=O)c2ccc(Br)cc2)cc1. The molecule has 2 N–H and O–H groups in total. The fourth-order valence-electron chi connectivity index (χ4n) is 2.21. The number of hydrogen-bond acceptors (Lipinski definition) is 4. The maximum Gasteiger partial charge on any atom is 0.240 e. The van der Waals surface area contributed by atoms with E-state index in [9.17, 15) is 13.2 Å². The standard InChI is InChI=1S/C18H21BrN2O4S/c1-25-13-15-4-2-14(3-5-15)12-20-18(22)10-11-21-26(23,24)17-8-6-16(19)7-9-17/h2-9,21H,10-13H2,1H3,(H,20,22). The van der Waals surface area contributed by atoms with Gasteiger partial charge in [0.15, 0.2) is 0 Å². The van der Waals surface area contributed by atoms with E-state index in [0.29, 0.717) is 13.2 Å². The van der Waals surface area contributed by atoms with E-state index in [0.717, 1.165) is 15.6 Å². The van der Waals surface area contributed by atoms with Crippen molar-refractivity contribution in [1.82, 2.24) is 10.0 Å². The number of carbonyl (C=O) groups excluding carboxylic acids is 1. The number of nitrogens with one attached hydrogen (secondary N) is 2. The van der Waals surface area contributed by atoms with Crippen molar-refractivity contribution in [2.45, 2.75) is 24.5 Å². The highest BCUT2D eigenvalue weighted by Gasteiger charge is 2.13. The van der Waals surface area contributed by atoms with E-state index in [1.54, 1.807) is 19.2 Å². The predicted octanol–water partition coefficient (Wildman–Crippen LogP) is 2.58. The van der Waals surface area contributed by atoms with Crippen LogP contribution in [0.3, 0.4) is 0 Å². The third kappa shape index (κ3) is 6.53. The Balaban J connectivity index is 1.75. The molecule has 0 unspecified atom stereocenters. The Labute approximate surface area is 162 Å². The minimum absolute atomic E-state index is 0.0387. The van der Waals surface area contributed by atoms with Crippen LogP contribution in [0.2, 0.25) is 0 Å². The molecule has 0 aromatic heterocycles. The van der Waals surface area contributed by atoms with Crippen molar-refractivity contribution in [3.8, 4) is 0 Å². The van der Waals surface area contributed by atoms with Gasteiger partial charge in [-0.25, -0.2) is 13.1 Å². The molecule has 1 amide bonds. The van der Waals surface area contributed by atoms with Gasteiger partial charge in [-0.1, -0.05) is 40.2 Å². The number of ether oxygens (including phenoxy) is 1. The first-order valence-corrected chi connectivity index (χ1v) is 10.3. The summed E-state index contributed by atoms with van der Waals surface area (Å²) in [6.07, 6.45) is 0.0670. The zero-order valence-corrected chi connectivity index (χ0v) is 16.8. The summed E-state index contributed by atoms with van der Waals surface area (Å²) in [5, 5.41) is 2.77. The van der Waals surface area contributed by atoms with E-state index in [4.69, 9.17) is 4.74 Å². The molecule has 140 valence electrons. The second kappa shape index (κ2) is 9.82. The summed E-state index contributed by atoms with van der Waals surface area (Å²) in [4.78, 5) is 12.0. The Bertz CT molecular complexity index is 821. The number of methoxy groups -OCH3 is 1. The summed E-state index contributed by atoms with van der Waals surface area (Å²) in [6, 6.07) is 14.0. The predicted molar refractivity (Wildman–Crippen MR) is 103 cm³/mol. The molecule has 6 nitrogen and oxygen atoms in total. The molecule has 0 saturated heterocycles. The van der Waals surface area contributed by atoms with Crippen molar-refractivity contribution in [2.24, 2.45) is 0 Å². The Kier molecular flexibility index (Phi) is 7.77. The molecule has 0 aliphatic rings. The molecule has 26 heavy (non-hydrogen) atoms. The normalized spacial score (nSPS) is 11.3. The third-order valence-electron chi connectivity index (χ3n) is 3.59. The first-order chi connectivity index (χ1) is 12.4. The Hall–Kier alpha value is -1.74. The van der Waals surface area contributed by atoms with E-state index in [1.165, 1.54) is 12.1 Å². The Morgan fingerprint density at radius 1 is 1.04 bits per heavy atom. The quantitative estimate of drug-likeness (QED) is 0.627. The van der Waals surface area contributed by atoms with E-state index in [1.807, 2.05) is 24.3 Å². The van der Waals surface area contributed by atoms with Gasteiger partial charge in [0, 0.05) is 31.1 Å². The van der Waals surface area contributed by atoms with Gasteiger partial charge in [0.05, 0.1) is 11.5 Å². The molecular formula is C18H21BrN2O4S. The summed E-state index contributed by atoms with van der Waals surface area (Å²) >= 11 is 3.26. The van der Waals surface area contributed by atoms with Gasteiger partial charge in [-0.15, -0.1) is 0 Å². The van der Waals surface area contributed by atoms with Crippen LogP contribution in [0.4, 0.5) is 0 Å². The topological polar surface area (TPSA) is 84.5 Å². The highest BCUT2D eigenvalue weighted by atomic mass is 79.9. The number of hydrogen-bond donors (Lipinski definition) is 2. The molecule has 0 bridgehead atoms. The van der Waals surface area contributed by atoms with Crippen LogP contribution in [-0.4, -0.2) is 28.0 Å². The minimum Gasteiger partial charge on any atom is -0.380 e. The molecule has 2 aromatic rings. The van der Waals surface area contributed by atoms with Crippen molar-refractivity contribution in [3.63, 3.8) is 0 Å². The van der Waals surface area contributed by atoms with Crippen LogP contribution in [0.5, 0.6) is 0 Å². The van der Waals surface area contributed by atoms with Gasteiger partial charge in [0.1, 0.15) is 0 Å². The zero-order valence-electron chi connectivity index (χ0n) is 14.4. The molecule has 0 heterocycles. The summed E-state index contributed by atoms with van der Waals surface area (Å²) in [6.45, 7) is 0.980. The smallest absolute Gasteiger partial charge is 0.240 e. The largest absolute Gasteiger partial charge is 0.380 e. The van der Waals surface area contributed by atoms with E-state index >= 15 is 0 Å². The van der Waals surface area contributed by atoms with Crippen LogP contribution >= 0.6 is 15.9 Å². The lowest BCUT2D eigenvalue weighted by molar-refractivity contribution is -0.121. The van der Waals surface area contributed by atoms with Crippen LogP contribution in [0.25, 0.3) is 0 Å². The highest BCUT2D eigenvalue weighted by molar-refractivity contribution is 9.10. The number of rotatable bonds is 9. The van der Waals surface area contributed by atoms with Crippen LogP contribution < -0.4 is 10.0 Å². The molecule has 0 spiro atoms. The number of benzene rings is 2. The summed E-state index contributed by atoms with van der Waals surface area (Å²) in [5.41, 5.74) is 2.03. The Morgan fingerprint density at radius 3 is 2.27 bits per heavy atom. The van der Waals surface area contributed by atoms with Gasteiger partial charge in [-0.05, 0) is 35.4 Å². The maximum atomic E-state index is 12.1. The summed E-state index contributed by atoms with van der Waals surface area (Å²) in [5.74, 6) is -0.218. The molecular weight excluding hydrogens is 420 g/mol. The van der Waals surface area contributed by atoms with Crippen LogP contribution in [0.15, 0.2) is 57.9 Å². The van der Waals surface area contributed by atoms with E-state index in [2.05, 4.69) is 26.0 Å². The average molecular weight is 441 g/mol. The van der Waals surface area contributed by atoms with Crippen molar-refractivity contribution < 1.29 is 17.9 Å². The lowest BCUT2D eigenvalue weighted by Crippen LogP contribution is -2.30. The first-order valence-electron chi connectivity index (χ1n) is 7.99. The van der Waals surface area contributed by atoms with Crippen molar-refractivity contribution >= 4 is 31.9 Å². The zero-order chi connectivity index (χ0) is 19.0. The van der Waals surface area contributed by atoms with Crippen molar-refractivity contribution in [3.05, 3.63) is 64.1 Å². The minimum atomic E-state index is -3.61. The van der Waals surface area contributed by atoms with Gasteiger partial charge >= 0.3 is 0 Å². The molecule has 8 heteroatoms. The monoisotopic (exact) mass is 440 g/mol. The van der Waals surface area contributed by atoms with Crippen LogP contribution in [0, 0.1) is 0 Å². The molecule has 0 atom stereocenters. The van der Waals surface area contributed by atoms with Gasteiger partial charge in [0.2, 0.25) is 15.9 Å². The fraction of sp³-hybridized carbons (Fsp3) is 0.278. The molecule has 0 radical (unpaired) electrons. The maximum absolute atomic E-state index is 12.1. The van der Waals surface area contributed by atoms with Gasteiger partial charge in [0.25, 0.3) is 0 Å². The lowest BCUT2D eigenvalue weighted by Gasteiger charge is -2.08. The lowest BCUT2D eigenvalue weighted by atomic mass is 10.1. The fourth-order valence-corrected chi connectivity index (χ4v) is 3.50. The molecule has 0 saturated carbocycles. The second-order valence-electron chi connectivity index (χ2n) is 5.63. The third-order valence-corrected chi connectivity index (χ3v) is 5.60. The number of halogens is 1. The van der Waals surface area contributed by atoms with E-state index < -0.39 is 10.0 Å². The molecule has 0 aliphatic heterocycles. The molecule has 0 aliphatic carbocycles. The first kappa shape index (κ1) is 20.6. The number of amides is 1. The van der Waals surface area contributed by atoms with Gasteiger partial charge < -0.3 is 10.1 Å². The van der Waals surface area contributed by atoms with Gasteiger partial charge in [-0.3, -0.25) is 4.79 Å². The summed E-state index contributed by atoms with van der Waals surface area (Å²) in [7, 11) is -1.97. The van der Waals surface area contributed by atoms with Crippen molar-refractivity contribution in [2.75, 3.05) is 13.7 Å². The van der Waals surface area contributed by atoms with E-state index in [-0.39, 0.29) is 23.8 Å². The van der Waals surface area contributed by atoms with Crippen LogP contribution in [-0.2, 0) is 32.7 Å². The number of sulfonamides is 1. The molecule has 2 rings (SSSR count). The Morgan fingerprint density at radius 2 is 1.65 bits per heavy atom. The van der Waals surface area contributed by atoms with Crippen LogP contribution in [0.1, 0.15) is 17.5 Å². The average Bonchev–Trinajstić information content (AvgIpc) is 2.61. The summed E-state index contributed by atoms with van der Waals surface area (Å²) < 4.78 is 32.5. The number of carbonyl (C=O) groups is 1.